The van der Waals surface area contributed by atoms with Crippen LogP contribution in [-0.4, -0.2) is 25.6 Å². The Kier molecular flexibility index (Phi) is 2.76. The van der Waals surface area contributed by atoms with Gasteiger partial charge in [0, 0.05) is 19.0 Å². The summed E-state index contributed by atoms with van der Waals surface area (Å²) in [7, 11) is 1.54. The summed E-state index contributed by atoms with van der Waals surface area (Å²) >= 11 is 0. The largest absolute Gasteiger partial charge is 0.497 e. The van der Waals surface area contributed by atoms with Gasteiger partial charge in [-0.05, 0) is 12.1 Å². The Morgan fingerprint density at radius 1 is 1.38 bits per heavy atom. The lowest BCUT2D eigenvalue weighted by Gasteiger charge is -2.25. The summed E-state index contributed by atoms with van der Waals surface area (Å²) < 4.78 is 5.05. The van der Waals surface area contributed by atoms with Gasteiger partial charge in [-0.2, -0.15) is 0 Å². The second kappa shape index (κ2) is 4.22. The summed E-state index contributed by atoms with van der Waals surface area (Å²) in [5.41, 5.74) is 0.529. The molecule has 0 radical (unpaired) electrons. The predicted octanol–water partition coefficient (Wildman–Crippen LogP) is 1.14. The smallest absolute Gasteiger partial charge is 0.328 e. The number of amides is 3. The number of hydrogen-bond acceptors (Lipinski definition) is 3. The normalized spacial score (nSPS) is 15.9. The van der Waals surface area contributed by atoms with E-state index >= 15 is 0 Å². The SMILES string of the molecule is COc1cccc(N2C(=O)CCNC2=O)c1. The minimum absolute atomic E-state index is 0.197. The first-order valence-corrected chi connectivity index (χ1v) is 4.97. The van der Waals surface area contributed by atoms with E-state index in [2.05, 4.69) is 5.32 Å². The number of benzene rings is 1. The van der Waals surface area contributed by atoms with Gasteiger partial charge in [0.1, 0.15) is 5.75 Å². The van der Waals surface area contributed by atoms with Gasteiger partial charge >= 0.3 is 6.03 Å². The molecule has 0 aliphatic carbocycles. The van der Waals surface area contributed by atoms with Gasteiger partial charge in [-0.15, -0.1) is 0 Å². The molecule has 5 nitrogen and oxygen atoms in total. The molecule has 5 heteroatoms. The van der Waals surface area contributed by atoms with Crippen LogP contribution in [0.5, 0.6) is 5.75 Å². The van der Waals surface area contributed by atoms with Gasteiger partial charge in [-0.3, -0.25) is 4.79 Å². The number of nitrogens with zero attached hydrogens (tertiary/aromatic N) is 1. The van der Waals surface area contributed by atoms with Gasteiger partial charge in [0.2, 0.25) is 5.91 Å². The van der Waals surface area contributed by atoms with Crippen molar-refractivity contribution in [3.8, 4) is 5.75 Å². The molecule has 1 heterocycles. The van der Waals surface area contributed by atoms with Gasteiger partial charge in [-0.1, -0.05) is 6.07 Å². The Labute approximate surface area is 93.0 Å². The van der Waals surface area contributed by atoms with Gasteiger partial charge in [0.25, 0.3) is 0 Å². The Morgan fingerprint density at radius 2 is 2.19 bits per heavy atom. The van der Waals surface area contributed by atoms with Gasteiger partial charge < -0.3 is 10.1 Å². The third kappa shape index (κ3) is 1.84. The molecule has 2 rings (SSSR count). The quantitative estimate of drug-likeness (QED) is 0.813. The molecule has 3 amide bonds. The highest BCUT2D eigenvalue weighted by Gasteiger charge is 2.27. The molecule has 84 valence electrons. The van der Waals surface area contributed by atoms with Crippen molar-refractivity contribution < 1.29 is 14.3 Å². The second-order valence-corrected chi connectivity index (χ2v) is 3.41. The molecule has 1 fully saturated rings. The summed E-state index contributed by atoms with van der Waals surface area (Å²) in [6, 6.07) is 6.47. The first-order chi connectivity index (χ1) is 7.72. The van der Waals surface area contributed by atoms with Crippen molar-refractivity contribution in [3.63, 3.8) is 0 Å². The fourth-order valence-electron chi connectivity index (χ4n) is 1.59. The second-order valence-electron chi connectivity index (χ2n) is 3.41. The number of urea groups is 1. The van der Waals surface area contributed by atoms with E-state index in [-0.39, 0.29) is 11.9 Å². The molecule has 0 aromatic heterocycles. The zero-order valence-electron chi connectivity index (χ0n) is 8.90. The molecule has 1 aromatic rings. The summed E-state index contributed by atoms with van der Waals surface area (Å²) in [5, 5.41) is 2.62. The molecule has 1 aliphatic heterocycles. The molecule has 1 aromatic carbocycles. The van der Waals surface area contributed by atoms with Crippen LogP contribution in [0.2, 0.25) is 0 Å². The molecule has 1 N–H and O–H groups in total. The highest BCUT2D eigenvalue weighted by molar-refractivity contribution is 6.15. The summed E-state index contributed by atoms with van der Waals surface area (Å²) in [4.78, 5) is 24.3. The van der Waals surface area contributed by atoms with Crippen molar-refractivity contribution in [2.45, 2.75) is 6.42 Å². The van der Waals surface area contributed by atoms with Crippen LogP contribution in [-0.2, 0) is 4.79 Å². The molecule has 1 aliphatic rings. The van der Waals surface area contributed by atoms with Crippen molar-refractivity contribution in [2.24, 2.45) is 0 Å². The molecular formula is C11H12N2O3. The van der Waals surface area contributed by atoms with Crippen LogP contribution in [0.1, 0.15) is 6.42 Å². The third-order valence-corrected chi connectivity index (χ3v) is 2.38. The Morgan fingerprint density at radius 3 is 2.88 bits per heavy atom. The van der Waals surface area contributed by atoms with E-state index in [0.717, 1.165) is 4.90 Å². The first kappa shape index (κ1) is 10.5. The van der Waals surface area contributed by atoms with Crippen molar-refractivity contribution >= 4 is 17.6 Å². The molecule has 1 saturated heterocycles. The Bertz CT molecular complexity index is 415. The number of anilines is 1. The summed E-state index contributed by atoms with van der Waals surface area (Å²) in [6.45, 7) is 0.401. The average molecular weight is 220 g/mol. The maximum absolute atomic E-state index is 11.6. The van der Waals surface area contributed by atoms with E-state index in [1.165, 1.54) is 7.11 Å². The first-order valence-electron chi connectivity index (χ1n) is 4.97. The van der Waals surface area contributed by atoms with Gasteiger partial charge in [-0.25, -0.2) is 9.69 Å². The molecule has 0 spiro atoms. The van der Waals surface area contributed by atoms with E-state index in [1.807, 2.05) is 0 Å². The van der Waals surface area contributed by atoms with Crippen molar-refractivity contribution in [2.75, 3.05) is 18.6 Å². The molecule has 0 saturated carbocycles. The van der Waals surface area contributed by atoms with Crippen molar-refractivity contribution in [1.29, 1.82) is 0 Å². The summed E-state index contributed by atoms with van der Waals surface area (Å²) in [6.07, 6.45) is 0.322. The summed E-state index contributed by atoms with van der Waals surface area (Å²) in [5.74, 6) is 0.417. The Hall–Kier alpha value is -2.04. The number of methoxy groups -OCH3 is 1. The van der Waals surface area contributed by atoms with E-state index in [4.69, 9.17) is 4.74 Å². The number of hydrogen-bond donors (Lipinski definition) is 1. The molecule has 16 heavy (non-hydrogen) atoms. The Balaban J connectivity index is 2.33. The maximum atomic E-state index is 11.6. The minimum atomic E-state index is -0.385. The number of rotatable bonds is 2. The minimum Gasteiger partial charge on any atom is -0.497 e. The number of carbonyl (C=O) groups is 2. The maximum Gasteiger partial charge on any atom is 0.328 e. The van der Waals surface area contributed by atoms with Crippen LogP contribution in [0.15, 0.2) is 24.3 Å². The fraction of sp³-hybridized carbons (Fsp3) is 0.273. The number of ether oxygens (including phenoxy) is 1. The monoisotopic (exact) mass is 220 g/mol. The van der Waals surface area contributed by atoms with Crippen LogP contribution in [0.25, 0.3) is 0 Å². The number of nitrogens with one attached hydrogen (secondary N) is 1. The molecule has 0 bridgehead atoms. The van der Waals surface area contributed by atoms with Gasteiger partial charge in [0.05, 0.1) is 12.8 Å². The van der Waals surface area contributed by atoms with E-state index in [0.29, 0.717) is 24.4 Å². The van der Waals surface area contributed by atoms with E-state index in [9.17, 15) is 9.59 Å². The van der Waals surface area contributed by atoms with Crippen LogP contribution < -0.4 is 15.0 Å². The third-order valence-electron chi connectivity index (χ3n) is 2.38. The molecule has 0 unspecified atom stereocenters. The average Bonchev–Trinajstić information content (AvgIpc) is 2.29. The van der Waals surface area contributed by atoms with Crippen LogP contribution in [0.4, 0.5) is 10.5 Å². The van der Waals surface area contributed by atoms with Crippen LogP contribution >= 0.6 is 0 Å². The lowest BCUT2D eigenvalue weighted by atomic mass is 10.2. The standard InChI is InChI=1S/C11H12N2O3/c1-16-9-4-2-3-8(7-9)13-10(14)5-6-12-11(13)15/h2-4,7H,5-6H2,1H3,(H,12,15). The number of imide groups is 1. The highest BCUT2D eigenvalue weighted by Crippen LogP contribution is 2.22. The molecular weight excluding hydrogens is 208 g/mol. The van der Waals surface area contributed by atoms with Gasteiger partial charge in [0.15, 0.2) is 0 Å². The van der Waals surface area contributed by atoms with Crippen molar-refractivity contribution in [1.82, 2.24) is 5.32 Å². The van der Waals surface area contributed by atoms with Crippen molar-refractivity contribution in [3.05, 3.63) is 24.3 Å². The van der Waals surface area contributed by atoms with Crippen LogP contribution in [0, 0.1) is 0 Å². The predicted molar refractivity (Wildman–Crippen MR) is 58.5 cm³/mol. The van der Waals surface area contributed by atoms with E-state index in [1.54, 1.807) is 24.3 Å². The lowest BCUT2D eigenvalue weighted by molar-refractivity contribution is -0.118. The van der Waals surface area contributed by atoms with E-state index < -0.39 is 0 Å². The lowest BCUT2D eigenvalue weighted by Crippen LogP contribution is -2.50. The van der Waals surface area contributed by atoms with Crippen LogP contribution in [0.3, 0.4) is 0 Å². The zero-order valence-corrected chi connectivity index (χ0v) is 8.90. The molecule has 0 atom stereocenters. The fourth-order valence-corrected chi connectivity index (χ4v) is 1.59. The topological polar surface area (TPSA) is 58.6 Å². The highest BCUT2D eigenvalue weighted by atomic mass is 16.5. The zero-order chi connectivity index (χ0) is 11.5. The number of carbonyl (C=O) groups excluding carboxylic acids is 2.